The van der Waals surface area contributed by atoms with E-state index >= 15 is 0 Å². The summed E-state index contributed by atoms with van der Waals surface area (Å²) in [5, 5.41) is 3.79. The van der Waals surface area contributed by atoms with Crippen LogP contribution in [0.3, 0.4) is 0 Å². The highest BCUT2D eigenvalue weighted by Crippen LogP contribution is 2.27. The number of hydrogen-bond donors (Lipinski definition) is 1. The van der Waals surface area contributed by atoms with E-state index in [-0.39, 0.29) is 10.6 Å². The Morgan fingerprint density at radius 3 is 2.35 bits per heavy atom. The van der Waals surface area contributed by atoms with Crippen LogP contribution >= 0.6 is 0 Å². The summed E-state index contributed by atoms with van der Waals surface area (Å²) in [5.74, 6) is 0.623. The molecule has 0 aromatic heterocycles. The molecule has 0 saturated heterocycles. The van der Waals surface area contributed by atoms with E-state index in [2.05, 4.69) is 9.93 Å². The van der Waals surface area contributed by atoms with Gasteiger partial charge in [0.15, 0.2) is 0 Å². The molecule has 0 spiro atoms. The number of rotatable bonds is 6. The predicted octanol–water partition coefficient (Wildman–Crippen LogP) is 2.32. The maximum Gasteiger partial charge on any atom is 0.280 e. The quantitative estimate of drug-likeness (QED) is 0.650. The first-order chi connectivity index (χ1) is 11.0. The summed E-state index contributed by atoms with van der Waals surface area (Å²) < 4.78 is 34.9. The Morgan fingerprint density at radius 1 is 1.04 bits per heavy atom. The van der Waals surface area contributed by atoms with E-state index in [1.165, 1.54) is 32.6 Å². The summed E-state index contributed by atoms with van der Waals surface area (Å²) in [6.07, 6.45) is 1.43. The molecule has 1 N–H and O–H groups in total. The van der Waals surface area contributed by atoms with Crippen molar-refractivity contribution in [3.63, 3.8) is 0 Å². The molecule has 0 atom stereocenters. The normalized spacial score (nSPS) is 11.4. The van der Waals surface area contributed by atoms with Gasteiger partial charge in [-0.1, -0.05) is 29.8 Å². The third kappa shape index (κ3) is 4.23. The largest absolute Gasteiger partial charge is 0.497 e. The number of benzene rings is 2. The molecule has 0 aliphatic carbocycles. The maximum absolute atomic E-state index is 12.4. The summed E-state index contributed by atoms with van der Waals surface area (Å²) in [6, 6.07) is 12.0. The zero-order chi connectivity index (χ0) is 16.9. The van der Waals surface area contributed by atoms with Crippen LogP contribution in [0, 0.1) is 6.92 Å². The molecule has 0 bridgehead atoms. The molecule has 0 aliphatic rings. The third-order valence-corrected chi connectivity index (χ3v) is 4.37. The first-order valence-corrected chi connectivity index (χ1v) is 8.28. The van der Waals surface area contributed by atoms with Crippen LogP contribution in [0.15, 0.2) is 52.5 Å². The van der Waals surface area contributed by atoms with Crippen molar-refractivity contribution in [2.45, 2.75) is 11.8 Å². The van der Waals surface area contributed by atoms with Crippen LogP contribution < -0.4 is 14.3 Å². The Balaban J connectivity index is 2.23. The number of hydrazone groups is 1. The number of aryl methyl sites for hydroxylation is 1. The minimum absolute atomic E-state index is 0.0413. The highest BCUT2D eigenvalue weighted by atomic mass is 32.2. The van der Waals surface area contributed by atoms with Crippen LogP contribution in [0.1, 0.15) is 11.1 Å². The van der Waals surface area contributed by atoms with E-state index < -0.39 is 10.0 Å². The number of sulfonamides is 1. The summed E-state index contributed by atoms with van der Waals surface area (Å²) in [4.78, 5) is 2.13. The van der Waals surface area contributed by atoms with Gasteiger partial charge in [-0.05, 0) is 24.6 Å². The van der Waals surface area contributed by atoms with Gasteiger partial charge in [-0.15, -0.1) is 0 Å². The van der Waals surface area contributed by atoms with E-state index in [0.717, 1.165) is 11.1 Å². The van der Waals surface area contributed by atoms with Gasteiger partial charge in [-0.3, -0.25) is 0 Å². The zero-order valence-electron chi connectivity index (χ0n) is 13.1. The van der Waals surface area contributed by atoms with Gasteiger partial charge in [0.1, 0.15) is 16.4 Å². The molecule has 0 aliphatic heterocycles. The molecule has 0 radical (unpaired) electrons. The Bertz CT molecular complexity index is 799. The monoisotopic (exact) mass is 334 g/mol. The lowest BCUT2D eigenvalue weighted by Crippen LogP contribution is -2.19. The van der Waals surface area contributed by atoms with Gasteiger partial charge < -0.3 is 9.47 Å². The minimum atomic E-state index is -3.87. The Kier molecular flexibility index (Phi) is 5.23. The first-order valence-electron chi connectivity index (χ1n) is 6.80. The maximum atomic E-state index is 12.4. The van der Waals surface area contributed by atoms with Crippen molar-refractivity contribution in [2.24, 2.45) is 5.10 Å². The highest BCUT2D eigenvalue weighted by Gasteiger charge is 2.19. The van der Waals surface area contributed by atoms with Gasteiger partial charge >= 0.3 is 0 Å². The first kappa shape index (κ1) is 16.8. The van der Waals surface area contributed by atoms with Crippen molar-refractivity contribution in [1.82, 2.24) is 4.83 Å². The van der Waals surface area contributed by atoms with Crippen molar-refractivity contribution in [1.29, 1.82) is 0 Å². The molecular formula is C16H18N2O4S. The van der Waals surface area contributed by atoms with Crippen LogP contribution in [0.5, 0.6) is 11.5 Å². The zero-order valence-corrected chi connectivity index (χ0v) is 13.9. The minimum Gasteiger partial charge on any atom is -0.497 e. The highest BCUT2D eigenvalue weighted by molar-refractivity contribution is 7.89. The molecule has 0 heterocycles. The lowest BCUT2D eigenvalue weighted by atomic mass is 10.2. The molecule has 0 amide bonds. The summed E-state index contributed by atoms with van der Waals surface area (Å²) in [6.45, 7) is 1.97. The number of nitrogens with one attached hydrogen (secondary N) is 1. The molecule has 0 saturated carbocycles. The van der Waals surface area contributed by atoms with Crippen molar-refractivity contribution in [2.75, 3.05) is 14.2 Å². The van der Waals surface area contributed by atoms with Gasteiger partial charge in [-0.2, -0.15) is 18.4 Å². The van der Waals surface area contributed by atoms with Crippen LogP contribution in [0.2, 0.25) is 0 Å². The standard InChI is InChI=1S/C16H18N2O4S/c1-12-4-6-13(7-5-12)11-17-18-23(19,20)16-10-14(21-2)8-9-15(16)22-3/h4-11,18H,1-3H3/b17-11+. The van der Waals surface area contributed by atoms with Crippen molar-refractivity contribution >= 4 is 16.2 Å². The molecule has 2 aromatic rings. The van der Waals surface area contributed by atoms with E-state index in [1.54, 1.807) is 6.07 Å². The lowest BCUT2D eigenvalue weighted by molar-refractivity contribution is 0.392. The molecular weight excluding hydrogens is 316 g/mol. The van der Waals surface area contributed by atoms with Gasteiger partial charge in [0.05, 0.1) is 20.4 Å². The summed E-state index contributed by atoms with van der Waals surface area (Å²) in [7, 11) is -1.01. The van der Waals surface area contributed by atoms with Crippen LogP contribution in [-0.2, 0) is 10.0 Å². The molecule has 2 aromatic carbocycles. The average Bonchev–Trinajstić information content (AvgIpc) is 2.56. The third-order valence-electron chi connectivity index (χ3n) is 3.12. The molecule has 23 heavy (non-hydrogen) atoms. The molecule has 0 unspecified atom stereocenters. The Labute approximate surface area is 135 Å². The fourth-order valence-electron chi connectivity index (χ4n) is 1.87. The summed E-state index contributed by atoms with van der Waals surface area (Å²) in [5.41, 5.74) is 1.90. The van der Waals surface area contributed by atoms with Gasteiger partial charge in [0.25, 0.3) is 10.0 Å². The molecule has 6 nitrogen and oxygen atoms in total. The molecule has 122 valence electrons. The smallest absolute Gasteiger partial charge is 0.280 e. The summed E-state index contributed by atoms with van der Waals surface area (Å²) >= 11 is 0. The second-order valence-electron chi connectivity index (χ2n) is 4.78. The SMILES string of the molecule is COc1ccc(OC)c(S(=O)(=O)N/N=C/c2ccc(C)cc2)c1. The molecule has 7 heteroatoms. The van der Waals surface area contributed by atoms with Crippen molar-refractivity contribution < 1.29 is 17.9 Å². The second-order valence-corrected chi connectivity index (χ2v) is 6.41. The van der Waals surface area contributed by atoms with Crippen LogP contribution in [-0.4, -0.2) is 28.9 Å². The Hall–Kier alpha value is -2.54. The van der Waals surface area contributed by atoms with Gasteiger partial charge in [0.2, 0.25) is 0 Å². The van der Waals surface area contributed by atoms with E-state index in [4.69, 9.17) is 9.47 Å². The van der Waals surface area contributed by atoms with Crippen molar-refractivity contribution in [3.8, 4) is 11.5 Å². The van der Waals surface area contributed by atoms with E-state index in [0.29, 0.717) is 5.75 Å². The number of ether oxygens (including phenoxy) is 2. The second kappa shape index (κ2) is 7.15. The van der Waals surface area contributed by atoms with Crippen LogP contribution in [0.4, 0.5) is 0 Å². The number of hydrogen-bond acceptors (Lipinski definition) is 5. The predicted molar refractivity (Wildman–Crippen MR) is 88.6 cm³/mol. The van der Waals surface area contributed by atoms with E-state index in [9.17, 15) is 8.42 Å². The average molecular weight is 334 g/mol. The number of methoxy groups -OCH3 is 2. The molecule has 0 fully saturated rings. The lowest BCUT2D eigenvalue weighted by Gasteiger charge is -2.10. The van der Waals surface area contributed by atoms with Crippen molar-refractivity contribution in [3.05, 3.63) is 53.6 Å². The van der Waals surface area contributed by atoms with Gasteiger partial charge in [-0.25, -0.2) is 0 Å². The fraction of sp³-hybridized carbons (Fsp3) is 0.188. The molecule has 2 rings (SSSR count). The fourth-order valence-corrected chi connectivity index (χ4v) is 2.84. The van der Waals surface area contributed by atoms with E-state index in [1.807, 2.05) is 31.2 Å². The topological polar surface area (TPSA) is 77.0 Å². The van der Waals surface area contributed by atoms with Gasteiger partial charge in [0, 0.05) is 6.07 Å². The van der Waals surface area contributed by atoms with Crippen LogP contribution in [0.25, 0.3) is 0 Å². The number of nitrogens with zero attached hydrogens (tertiary/aromatic N) is 1. The Morgan fingerprint density at radius 2 is 1.74 bits per heavy atom.